The lowest BCUT2D eigenvalue weighted by molar-refractivity contribution is -0.118. The van der Waals surface area contributed by atoms with E-state index in [0.717, 1.165) is 22.5 Å². The average Bonchev–Trinajstić information content (AvgIpc) is 3.40. The van der Waals surface area contributed by atoms with Gasteiger partial charge in [-0.2, -0.15) is 5.26 Å². The summed E-state index contributed by atoms with van der Waals surface area (Å²) in [5.74, 6) is 0.197. The van der Waals surface area contributed by atoms with Crippen LogP contribution in [-0.4, -0.2) is 34.8 Å². The van der Waals surface area contributed by atoms with Crippen molar-refractivity contribution in [2.24, 2.45) is 11.1 Å². The molecule has 0 spiro atoms. The number of rotatable bonds is 7. The van der Waals surface area contributed by atoms with Gasteiger partial charge in [0.15, 0.2) is 10.1 Å². The van der Waals surface area contributed by atoms with Gasteiger partial charge < -0.3 is 15.8 Å². The molecule has 9 nitrogen and oxygen atoms in total. The summed E-state index contributed by atoms with van der Waals surface area (Å²) in [6.45, 7) is 6.02. The number of benzene rings is 2. The van der Waals surface area contributed by atoms with Crippen LogP contribution in [0.5, 0.6) is 5.75 Å². The second-order valence-corrected chi connectivity index (χ2v) is 12.9. The number of anilines is 2. The van der Waals surface area contributed by atoms with Gasteiger partial charge in [-0.05, 0) is 48.1 Å². The topological polar surface area (TPSA) is 134 Å². The minimum Gasteiger partial charge on any atom is -0.497 e. The van der Waals surface area contributed by atoms with Gasteiger partial charge in [-0.25, -0.2) is 0 Å². The zero-order valence-electron chi connectivity index (χ0n) is 23.2. The van der Waals surface area contributed by atoms with E-state index in [1.54, 1.807) is 12.0 Å². The Morgan fingerprint density at radius 1 is 1.24 bits per heavy atom. The molecule has 0 saturated carbocycles. The molecule has 0 bridgehead atoms. The van der Waals surface area contributed by atoms with Crippen LogP contribution in [0.2, 0.25) is 0 Å². The van der Waals surface area contributed by atoms with Gasteiger partial charge in [0.25, 0.3) is 0 Å². The van der Waals surface area contributed by atoms with Gasteiger partial charge in [-0.15, -0.1) is 10.2 Å². The Balaban J connectivity index is 1.48. The number of methoxy groups -OCH3 is 1. The van der Waals surface area contributed by atoms with Gasteiger partial charge in [0.05, 0.1) is 30.4 Å². The Kier molecular flexibility index (Phi) is 7.89. The van der Waals surface area contributed by atoms with Crippen LogP contribution in [-0.2, 0) is 9.59 Å². The molecule has 210 valence electrons. The number of carbonyl (C=O) groups excluding carboxylic acids is 2. The number of nitriles is 1. The summed E-state index contributed by atoms with van der Waals surface area (Å²) in [6.07, 6.45) is 0.917. The number of para-hydroxylation sites is 1. The molecule has 11 heteroatoms. The number of ketones is 1. The highest BCUT2D eigenvalue weighted by Gasteiger charge is 2.45. The van der Waals surface area contributed by atoms with Gasteiger partial charge in [0.1, 0.15) is 11.6 Å². The second kappa shape index (κ2) is 11.4. The fourth-order valence-corrected chi connectivity index (χ4v) is 6.94. The van der Waals surface area contributed by atoms with E-state index in [4.69, 9.17) is 10.5 Å². The van der Waals surface area contributed by atoms with Crippen LogP contribution in [0.25, 0.3) is 0 Å². The van der Waals surface area contributed by atoms with E-state index in [1.165, 1.54) is 23.1 Å². The first-order valence-corrected chi connectivity index (χ1v) is 14.8. The highest BCUT2D eigenvalue weighted by molar-refractivity contribution is 8.01. The number of thioether (sulfide) groups is 1. The lowest BCUT2D eigenvalue weighted by Gasteiger charge is -2.42. The number of nitrogens with one attached hydrogen (secondary N) is 1. The summed E-state index contributed by atoms with van der Waals surface area (Å²) in [7, 11) is 1.58. The molecule has 0 radical (unpaired) electrons. The van der Waals surface area contributed by atoms with Crippen molar-refractivity contribution in [3.05, 3.63) is 82.3 Å². The predicted octanol–water partition coefficient (Wildman–Crippen LogP) is 5.53. The monoisotopic (exact) mass is 586 g/mol. The van der Waals surface area contributed by atoms with Gasteiger partial charge in [0.2, 0.25) is 11.0 Å². The number of carbonyl (C=O) groups is 2. The molecule has 41 heavy (non-hydrogen) atoms. The zero-order chi connectivity index (χ0) is 29.3. The molecule has 2 aromatic carbocycles. The van der Waals surface area contributed by atoms with Crippen molar-refractivity contribution in [3.8, 4) is 11.8 Å². The van der Waals surface area contributed by atoms with E-state index in [0.29, 0.717) is 33.6 Å². The highest BCUT2D eigenvalue weighted by atomic mass is 32.2. The molecule has 1 unspecified atom stereocenters. The summed E-state index contributed by atoms with van der Waals surface area (Å²) < 4.78 is 5.99. The number of nitrogens with two attached hydrogens (primary N) is 1. The third-order valence-electron chi connectivity index (χ3n) is 7.14. The van der Waals surface area contributed by atoms with Crippen LogP contribution >= 0.6 is 23.1 Å². The first-order valence-electron chi connectivity index (χ1n) is 13.0. The molecule has 3 N–H and O–H groups in total. The molecule has 1 aliphatic carbocycles. The molecule has 3 aromatic rings. The van der Waals surface area contributed by atoms with Crippen molar-refractivity contribution in [2.75, 3.05) is 23.1 Å². The molecule has 5 rings (SSSR count). The summed E-state index contributed by atoms with van der Waals surface area (Å²) in [5.41, 5.74) is 10.4. The number of aromatic nitrogens is 2. The van der Waals surface area contributed by atoms with Crippen molar-refractivity contribution in [1.82, 2.24) is 10.2 Å². The quantitative estimate of drug-likeness (QED) is 0.343. The highest BCUT2D eigenvalue weighted by Crippen LogP contribution is 2.51. The summed E-state index contributed by atoms with van der Waals surface area (Å²) in [5, 5.41) is 22.3. The number of Topliss-reactive ketones (excluding diaryl/α,β-unsaturated/α-hetero) is 1. The van der Waals surface area contributed by atoms with E-state index >= 15 is 0 Å². The number of aryl methyl sites for hydroxylation is 1. The van der Waals surface area contributed by atoms with Crippen molar-refractivity contribution in [1.29, 1.82) is 5.26 Å². The molecule has 1 aromatic heterocycles. The van der Waals surface area contributed by atoms with Crippen LogP contribution < -0.4 is 20.7 Å². The average molecular weight is 587 g/mol. The van der Waals surface area contributed by atoms with Crippen molar-refractivity contribution >= 4 is 45.6 Å². The SMILES string of the molecule is COc1cccc(C2C(C#N)=C(N)N(c3nnc(SCC(=O)Nc4ccccc4C)s3)C3=C2C(=O)CC(C)(C)C3)c1. The first kappa shape index (κ1) is 28.4. The zero-order valence-corrected chi connectivity index (χ0v) is 24.9. The minimum atomic E-state index is -0.614. The number of amides is 1. The standard InChI is InChI=1S/C30H30N6O3S2/c1-17-8-5-6-11-21(17)33-24(38)16-40-29-35-34-28(41-29)36-22-13-30(2,3)14-23(37)26(22)25(20(15-31)27(36)32)18-9-7-10-19(12-18)39-4/h5-12,25H,13-14,16,32H2,1-4H3,(H,33,38). The Bertz CT molecular complexity index is 1630. The van der Waals surface area contributed by atoms with Crippen LogP contribution in [0.4, 0.5) is 10.8 Å². The molecule has 0 saturated heterocycles. The maximum atomic E-state index is 13.7. The Morgan fingerprint density at radius 2 is 2.02 bits per heavy atom. The molecular weight excluding hydrogens is 557 g/mol. The second-order valence-electron chi connectivity index (χ2n) is 10.8. The van der Waals surface area contributed by atoms with E-state index < -0.39 is 5.92 Å². The van der Waals surface area contributed by atoms with Crippen molar-refractivity contribution in [3.63, 3.8) is 0 Å². The van der Waals surface area contributed by atoms with E-state index in [-0.39, 0.29) is 34.3 Å². The van der Waals surface area contributed by atoms with Gasteiger partial charge in [-0.1, -0.05) is 67.3 Å². The molecule has 0 fully saturated rings. The molecule has 2 aliphatic rings. The lowest BCUT2D eigenvalue weighted by Crippen LogP contribution is -2.42. The van der Waals surface area contributed by atoms with Crippen LogP contribution in [0.15, 0.2) is 75.5 Å². The number of ether oxygens (including phenoxy) is 1. The smallest absolute Gasteiger partial charge is 0.234 e. The van der Waals surface area contributed by atoms with E-state index in [9.17, 15) is 14.9 Å². The number of hydrogen-bond acceptors (Lipinski definition) is 10. The third kappa shape index (κ3) is 5.71. The Labute approximate surface area is 247 Å². The van der Waals surface area contributed by atoms with Gasteiger partial charge in [0, 0.05) is 23.4 Å². The fraction of sp³-hybridized carbons (Fsp3) is 0.300. The maximum absolute atomic E-state index is 13.7. The molecular formula is C30H30N6O3S2. The molecule has 1 atom stereocenters. The van der Waals surface area contributed by atoms with Crippen LogP contribution in [0, 0.1) is 23.7 Å². The van der Waals surface area contributed by atoms with Gasteiger partial charge in [-0.3, -0.25) is 14.5 Å². The third-order valence-corrected chi connectivity index (χ3v) is 9.18. The van der Waals surface area contributed by atoms with Gasteiger partial charge >= 0.3 is 0 Å². The number of nitrogens with zero attached hydrogens (tertiary/aromatic N) is 4. The maximum Gasteiger partial charge on any atom is 0.234 e. The van der Waals surface area contributed by atoms with E-state index in [1.807, 2.05) is 69.3 Å². The normalized spacial score (nSPS) is 18.2. The fourth-order valence-electron chi connectivity index (χ4n) is 5.26. The summed E-state index contributed by atoms with van der Waals surface area (Å²) in [4.78, 5) is 28.0. The minimum absolute atomic E-state index is 0.0266. The Hall–Kier alpha value is -4.14. The number of allylic oxidation sites excluding steroid dienone is 3. The summed E-state index contributed by atoms with van der Waals surface area (Å²) >= 11 is 2.53. The van der Waals surface area contributed by atoms with Crippen LogP contribution in [0.3, 0.4) is 0 Å². The lowest BCUT2D eigenvalue weighted by atomic mass is 9.68. The Morgan fingerprint density at radius 3 is 2.76 bits per heavy atom. The summed E-state index contributed by atoms with van der Waals surface area (Å²) in [6, 6.07) is 17.2. The predicted molar refractivity (Wildman–Crippen MR) is 161 cm³/mol. The molecule has 1 aliphatic heterocycles. The van der Waals surface area contributed by atoms with E-state index in [2.05, 4.69) is 21.6 Å². The largest absolute Gasteiger partial charge is 0.497 e. The van der Waals surface area contributed by atoms with Crippen LogP contribution in [0.1, 0.15) is 43.7 Å². The van der Waals surface area contributed by atoms with Crippen molar-refractivity contribution < 1.29 is 14.3 Å². The number of hydrogen-bond donors (Lipinski definition) is 2. The first-order chi connectivity index (χ1) is 19.6. The molecule has 2 heterocycles. The molecule has 1 amide bonds. The van der Waals surface area contributed by atoms with Crippen molar-refractivity contribution in [2.45, 2.75) is 43.9 Å².